The van der Waals surface area contributed by atoms with Gasteiger partial charge < -0.3 is 10.5 Å². The Balaban J connectivity index is 2.59. The summed E-state index contributed by atoms with van der Waals surface area (Å²) >= 11 is 0. The van der Waals surface area contributed by atoms with E-state index in [1.165, 1.54) is 6.07 Å². The van der Waals surface area contributed by atoms with Gasteiger partial charge in [0.1, 0.15) is 5.82 Å². The third-order valence-corrected chi connectivity index (χ3v) is 2.66. The molecule has 0 amide bonds. The molecule has 0 fully saturated rings. The summed E-state index contributed by atoms with van der Waals surface area (Å²) in [6.45, 7) is 2.40. The first-order valence-corrected chi connectivity index (χ1v) is 5.91. The van der Waals surface area contributed by atoms with Gasteiger partial charge in [-0.05, 0) is 6.07 Å². The second-order valence-electron chi connectivity index (χ2n) is 4.14. The molecule has 1 rings (SSSR count). The van der Waals surface area contributed by atoms with Crippen LogP contribution >= 0.6 is 0 Å². The highest BCUT2D eigenvalue weighted by molar-refractivity contribution is 5.76. The quantitative estimate of drug-likeness (QED) is 0.546. The fraction of sp³-hybridized carbons (Fsp3) is 0.462. The first-order valence-electron chi connectivity index (χ1n) is 5.91. The van der Waals surface area contributed by atoms with Gasteiger partial charge in [-0.15, -0.1) is 0 Å². The molecule has 5 heteroatoms. The molecule has 0 aliphatic rings. The lowest BCUT2D eigenvalue weighted by atomic mass is 10.2. The van der Waals surface area contributed by atoms with Gasteiger partial charge in [0.05, 0.1) is 12.4 Å². The van der Waals surface area contributed by atoms with E-state index in [1.807, 2.05) is 11.0 Å². The molecule has 0 aromatic heterocycles. The predicted molar refractivity (Wildman–Crippen MR) is 70.1 cm³/mol. The monoisotopic (exact) mass is 253 g/mol. The summed E-state index contributed by atoms with van der Waals surface area (Å²) in [6, 6.07) is 6.71. The molecule has 0 unspecified atom stereocenters. The summed E-state index contributed by atoms with van der Waals surface area (Å²) in [6.07, 6.45) is 0.484. The molecule has 100 valence electrons. The Morgan fingerprint density at radius 2 is 2.11 bits per heavy atom. The summed E-state index contributed by atoms with van der Waals surface area (Å²) in [5.41, 5.74) is 5.99. The van der Waals surface area contributed by atoms with E-state index in [0.29, 0.717) is 38.2 Å². The molecule has 0 saturated heterocycles. The summed E-state index contributed by atoms with van der Waals surface area (Å²) in [5.74, 6) is -0.0614. The Morgan fingerprint density at radius 1 is 1.39 bits per heavy atom. The number of hydrogen-bond acceptors (Lipinski definition) is 3. The molecule has 0 saturated carbocycles. The molecule has 4 nitrogen and oxygen atoms in total. The number of amidine groups is 1. The maximum absolute atomic E-state index is 13.5. The number of rotatable bonds is 8. The molecule has 0 aliphatic heterocycles. The van der Waals surface area contributed by atoms with E-state index in [4.69, 9.17) is 15.9 Å². The van der Waals surface area contributed by atoms with Crippen LogP contribution in [0.1, 0.15) is 12.0 Å². The zero-order chi connectivity index (χ0) is 13.4. The second kappa shape index (κ2) is 7.79. The lowest BCUT2D eigenvalue weighted by molar-refractivity contribution is 0.145. The van der Waals surface area contributed by atoms with E-state index < -0.39 is 0 Å². The number of nitrogens with one attached hydrogen (secondary N) is 1. The third-order valence-electron chi connectivity index (χ3n) is 2.66. The van der Waals surface area contributed by atoms with Crippen molar-refractivity contribution in [1.29, 1.82) is 5.41 Å². The van der Waals surface area contributed by atoms with Crippen LogP contribution in [-0.4, -0.2) is 37.5 Å². The van der Waals surface area contributed by atoms with E-state index in [0.717, 1.165) is 0 Å². The number of ether oxygens (including phenoxy) is 1. The minimum atomic E-state index is -0.206. The molecular formula is C13H20FN3O. The summed E-state index contributed by atoms with van der Waals surface area (Å²) in [7, 11) is 1.63. The average molecular weight is 253 g/mol. The molecule has 0 spiro atoms. The molecule has 18 heavy (non-hydrogen) atoms. The van der Waals surface area contributed by atoms with Crippen LogP contribution in [0.5, 0.6) is 0 Å². The summed E-state index contributed by atoms with van der Waals surface area (Å²) in [5, 5.41) is 7.23. The van der Waals surface area contributed by atoms with E-state index in [9.17, 15) is 4.39 Å². The van der Waals surface area contributed by atoms with Crippen molar-refractivity contribution in [2.45, 2.75) is 13.0 Å². The van der Waals surface area contributed by atoms with Crippen LogP contribution in [0, 0.1) is 11.2 Å². The highest BCUT2D eigenvalue weighted by atomic mass is 19.1. The Bertz CT molecular complexity index is 384. The molecular weight excluding hydrogens is 233 g/mol. The molecule has 1 aromatic rings. The van der Waals surface area contributed by atoms with Gasteiger partial charge in [0.15, 0.2) is 0 Å². The normalized spacial score (nSPS) is 10.8. The van der Waals surface area contributed by atoms with Crippen molar-refractivity contribution in [3.63, 3.8) is 0 Å². The maximum atomic E-state index is 13.5. The number of methoxy groups -OCH3 is 1. The molecule has 3 N–H and O–H groups in total. The Kier molecular flexibility index (Phi) is 6.32. The van der Waals surface area contributed by atoms with E-state index in [-0.39, 0.29) is 11.7 Å². The van der Waals surface area contributed by atoms with Gasteiger partial charge in [-0.3, -0.25) is 10.3 Å². The SMILES string of the molecule is COCCN(CCC(=N)N)Cc1ccccc1F. The standard InChI is InChI=1S/C13H20FN3O/c1-18-9-8-17(7-6-13(15)16)10-11-4-2-3-5-12(11)14/h2-5H,6-10H2,1H3,(H3,15,16). The van der Waals surface area contributed by atoms with Crippen molar-refractivity contribution in [1.82, 2.24) is 4.90 Å². The summed E-state index contributed by atoms with van der Waals surface area (Å²) in [4.78, 5) is 2.03. The number of nitrogens with zero attached hydrogens (tertiary/aromatic N) is 1. The smallest absolute Gasteiger partial charge is 0.127 e. The zero-order valence-electron chi connectivity index (χ0n) is 10.7. The summed E-state index contributed by atoms with van der Waals surface area (Å²) < 4.78 is 18.6. The first kappa shape index (κ1) is 14.6. The molecule has 0 aliphatic carbocycles. The van der Waals surface area contributed by atoms with Crippen LogP contribution < -0.4 is 5.73 Å². The predicted octanol–water partition coefficient (Wildman–Crippen LogP) is 1.60. The van der Waals surface area contributed by atoms with Gasteiger partial charge in [0.25, 0.3) is 0 Å². The first-order chi connectivity index (χ1) is 8.63. The zero-order valence-corrected chi connectivity index (χ0v) is 10.7. The minimum Gasteiger partial charge on any atom is -0.388 e. The molecule has 0 radical (unpaired) electrons. The van der Waals surface area contributed by atoms with Crippen LogP contribution in [0.2, 0.25) is 0 Å². The number of benzene rings is 1. The lowest BCUT2D eigenvalue weighted by Crippen LogP contribution is -2.30. The lowest BCUT2D eigenvalue weighted by Gasteiger charge is -2.22. The largest absolute Gasteiger partial charge is 0.388 e. The topological polar surface area (TPSA) is 62.3 Å². The fourth-order valence-electron chi connectivity index (χ4n) is 1.64. The highest BCUT2D eigenvalue weighted by Gasteiger charge is 2.09. The number of halogens is 1. The van der Waals surface area contributed by atoms with Gasteiger partial charge >= 0.3 is 0 Å². The van der Waals surface area contributed by atoms with E-state index in [1.54, 1.807) is 19.2 Å². The second-order valence-corrected chi connectivity index (χ2v) is 4.14. The minimum absolute atomic E-state index is 0.144. The van der Waals surface area contributed by atoms with Gasteiger partial charge in [-0.1, -0.05) is 18.2 Å². The Morgan fingerprint density at radius 3 is 2.72 bits per heavy atom. The van der Waals surface area contributed by atoms with Crippen molar-refractivity contribution in [3.05, 3.63) is 35.6 Å². The van der Waals surface area contributed by atoms with Crippen molar-refractivity contribution < 1.29 is 9.13 Å². The Hall–Kier alpha value is -1.46. The van der Waals surface area contributed by atoms with Gasteiger partial charge in [0.2, 0.25) is 0 Å². The van der Waals surface area contributed by atoms with Gasteiger partial charge in [0, 0.05) is 38.7 Å². The number of nitrogens with two attached hydrogens (primary N) is 1. The third kappa shape index (κ3) is 5.25. The number of hydrogen-bond donors (Lipinski definition) is 2. The van der Waals surface area contributed by atoms with Crippen molar-refractivity contribution in [2.24, 2.45) is 5.73 Å². The van der Waals surface area contributed by atoms with Crippen LogP contribution in [0.4, 0.5) is 4.39 Å². The van der Waals surface area contributed by atoms with Crippen molar-refractivity contribution in [3.8, 4) is 0 Å². The average Bonchev–Trinajstić information content (AvgIpc) is 2.35. The van der Waals surface area contributed by atoms with Gasteiger partial charge in [-0.25, -0.2) is 4.39 Å². The van der Waals surface area contributed by atoms with Crippen LogP contribution in [0.25, 0.3) is 0 Å². The van der Waals surface area contributed by atoms with Crippen LogP contribution in [0.15, 0.2) is 24.3 Å². The van der Waals surface area contributed by atoms with Crippen LogP contribution in [0.3, 0.4) is 0 Å². The van der Waals surface area contributed by atoms with Crippen LogP contribution in [-0.2, 0) is 11.3 Å². The van der Waals surface area contributed by atoms with E-state index >= 15 is 0 Å². The molecule has 0 heterocycles. The van der Waals surface area contributed by atoms with Crippen molar-refractivity contribution >= 4 is 5.84 Å². The van der Waals surface area contributed by atoms with Crippen molar-refractivity contribution in [2.75, 3.05) is 26.8 Å². The molecule has 0 atom stereocenters. The highest BCUT2D eigenvalue weighted by Crippen LogP contribution is 2.10. The Labute approximate surface area is 107 Å². The van der Waals surface area contributed by atoms with E-state index in [2.05, 4.69) is 0 Å². The fourth-order valence-corrected chi connectivity index (χ4v) is 1.64. The van der Waals surface area contributed by atoms with Gasteiger partial charge in [-0.2, -0.15) is 0 Å². The molecule has 1 aromatic carbocycles. The molecule has 0 bridgehead atoms. The maximum Gasteiger partial charge on any atom is 0.127 e.